The molecule has 0 N–H and O–H groups in total. The summed E-state index contributed by atoms with van der Waals surface area (Å²) in [5, 5.41) is 0. The monoisotopic (exact) mass is 148 g/mol. The highest BCUT2D eigenvalue weighted by molar-refractivity contribution is 8.93. The van der Waals surface area contributed by atoms with E-state index in [9.17, 15) is 0 Å². The van der Waals surface area contributed by atoms with Crippen LogP contribution in [0.1, 0.15) is 19.3 Å². The van der Waals surface area contributed by atoms with Crippen LogP contribution < -0.4 is 0 Å². The minimum absolute atomic E-state index is 0. The molecule has 0 aromatic heterocycles. The molecule has 2 unspecified atom stereocenters. The van der Waals surface area contributed by atoms with E-state index in [1.165, 1.54) is 11.8 Å². The number of halogens is 1. The predicted octanol–water partition coefficient (Wildman–Crippen LogP) is 1.99. The Kier molecular flexibility index (Phi) is 0.945. The van der Waals surface area contributed by atoms with Gasteiger partial charge < -0.3 is 0 Å². The van der Waals surface area contributed by atoms with Crippen LogP contribution in [0, 0.1) is 11.8 Å². The quantitative estimate of drug-likeness (QED) is 0.494. The van der Waals surface area contributed by atoms with Crippen molar-refractivity contribution in [2.45, 2.75) is 19.3 Å². The van der Waals surface area contributed by atoms with E-state index in [1.54, 1.807) is 19.3 Å². The summed E-state index contributed by atoms with van der Waals surface area (Å²) in [5.41, 5.74) is 0. The fourth-order valence-corrected chi connectivity index (χ4v) is 1.18. The van der Waals surface area contributed by atoms with Crippen LogP contribution in [0.3, 0.4) is 0 Å². The minimum Gasteiger partial charge on any atom is -0.114 e. The normalized spacial score (nSPS) is 48.0. The van der Waals surface area contributed by atoms with Crippen LogP contribution >= 0.6 is 17.0 Å². The third-order valence-electron chi connectivity index (χ3n) is 1.98. The number of hydrogen-bond acceptors (Lipinski definition) is 0. The van der Waals surface area contributed by atoms with Crippen molar-refractivity contribution < 1.29 is 0 Å². The second-order valence-corrected chi connectivity index (χ2v) is 2.33. The Morgan fingerprint density at radius 1 is 1.00 bits per heavy atom. The molecule has 1 heteroatoms. The lowest BCUT2D eigenvalue weighted by molar-refractivity contribution is 0.468. The first-order valence-corrected chi connectivity index (χ1v) is 2.47. The number of rotatable bonds is 0. The van der Waals surface area contributed by atoms with Gasteiger partial charge in [-0.25, -0.2) is 0 Å². The Hall–Kier alpha value is 0.480. The molecular weight excluding hydrogens is 140 g/mol. The van der Waals surface area contributed by atoms with Crippen LogP contribution in [0.25, 0.3) is 0 Å². The van der Waals surface area contributed by atoms with Gasteiger partial charge in [0, 0.05) is 0 Å². The summed E-state index contributed by atoms with van der Waals surface area (Å²) < 4.78 is 0. The van der Waals surface area contributed by atoms with Gasteiger partial charge in [0.2, 0.25) is 0 Å². The van der Waals surface area contributed by atoms with Crippen molar-refractivity contribution in [3.05, 3.63) is 0 Å². The summed E-state index contributed by atoms with van der Waals surface area (Å²) in [6, 6.07) is 0. The second-order valence-electron chi connectivity index (χ2n) is 2.33. The lowest BCUT2D eigenvalue weighted by Crippen LogP contribution is -1.93. The fourth-order valence-electron chi connectivity index (χ4n) is 1.18. The van der Waals surface area contributed by atoms with Gasteiger partial charge in [0.05, 0.1) is 0 Å². The molecule has 0 aromatic carbocycles. The summed E-state index contributed by atoms with van der Waals surface area (Å²) in [7, 11) is 0. The SMILES string of the molecule is Br.C1CC2CC12. The van der Waals surface area contributed by atoms with E-state index >= 15 is 0 Å². The average molecular weight is 149 g/mol. The Morgan fingerprint density at radius 3 is 1.50 bits per heavy atom. The topological polar surface area (TPSA) is 0 Å². The fraction of sp³-hybridized carbons (Fsp3) is 1.00. The molecule has 0 saturated heterocycles. The molecule has 0 bridgehead atoms. The second kappa shape index (κ2) is 1.22. The molecule has 0 aromatic rings. The maximum absolute atomic E-state index is 1.58. The van der Waals surface area contributed by atoms with Crippen molar-refractivity contribution in [1.82, 2.24) is 0 Å². The van der Waals surface area contributed by atoms with Crippen molar-refractivity contribution in [3.63, 3.8) is 0 Å². The number of fused-ring (bicyclic) bond motifs is 1. The van der Waals surface area contributed by atoms with Crippen LogP contribution in [0.5, 0.6) is 0 Å². The molecule has 6 heavy (non-hydrogen) atoms. The summed E-state index contributed by atoms with van der Waals surface area (Å²) in [6.45, 7) is 0. The van der Waals surface area contributed by atoms with Crippen LogP contribution in [0.2, 0.25) is 0 Å². The lowest BCUT2D eigenvalue weighted by atomic mass is 10.0. The Morgan fingerprint density at radius 2 is 1.50 bits per heavy atom. The van der Waals surface area contributed by atoms with Gasteiger partial charge in [-0.05, 0) is 31.1 Å². The van der Waals surface area contributed by atoms with Crippen molar-refractivity contribution in [2.75, 3.05) is 0 Å². The number of hydrogen-bond donors (Lipinski definition) is 0. The maximum atomic E-state index is 1.58. The molecule has 0 heterocycles. The first-order valence-electron chi connectivity index (χ1n) is 2.47. The van der Waals surface area contributed by atoms with E-state index < -0.39 is 0 Å². The van der Waals surface area contributed by atoms with Crippen LogP contribution in [0.15, 0.2) is 0 Å². The Bertz CT molecular complexity index is 49.0. The highest BCUT2D eigenvalue weighted by Crippen LogP contribution is 2.55. The van der Waals surface area contributed by atoms with E-state index in [1.807, 2.05) is 0 Å². The molecule has 0 nitrogen and oxygen atoms in total. The molecule has 2 aliphatic rings. The van der Waals surface area contributed by atoms with Crippen LogP contribution in [0.4, 0.5) is 0 Å². The standard InChI is InChI=1S/C5H8.BrH/c1-2-5-3-4(1)5;/h4-5H,1-3H2;1H. The van der Waals surface area contributed by atoms with Crippen molar-refractivity contribution in [2.24, 2.45) is 11.8 Å². The van der Waals surface area contributed by atoms with Crippen molar-refractivity contribution in [1.29, 1.82) is 0 Å². The third kappa shape index (κ3) is 0.412. The molecule has 2 aliphatic carbocycles. The first kappa shape index (κ1) is 4.63. The van der Waals surface area contributed by atoms with Gasteiger partial charge in [-0.1, -0.05) is 0 Å². The van der Waals surface area contributed by atoms with Crippen LogP contribution in [-0.2, 0) is 0 Å². The first-order chi connectivity index (χ1) is 2.47. The van der Waals surface area contributed by atoms with Gasteiger partial charge >= 0.3 is 0 Å². The smallest absolute Gasteiger partial charge is 0.0383 e. The van der Waals surface area contributed by atoms with Gasteiger partial charge in [0.15, 0.2) is 0 Å². The molecular formula is C5H9Br. The molecule has 2 saturated carbocycles. The molecule has 2 atom stereocenters. The highest BCUT2D eigenvalue weighted by atomic mass is 79.9. The minimum atomic E-state index is 0. The van der Waals surface area contributed by atoms with Crippen molar-refractivity contribution >= 4 is 17.0 Å². The predicted molar refractivity (Wildman–Crippen MR) is 31.2 cm³/mol. The Labute approximate surface area is 48.7 Å². The van der Waals surface area contributed by atoms with E-state index in [0.29, 0.717) is 0 Å². The summed E-state index contributed by atoms with van der Waals surface area (Å²) in [4.78, 5) is 0. The van der Waals surface area contributed by atoms with Gasteiger partial charge in [-0.15, -0.1) is 17.0 Å². The van der Waals surface area contributed by atoms with Gasteiger partial charge in [0.1, 0.15) is 0 Å². The summed E-state index contributed by atoms with van der Waals surface area (Å²) >= 11 is 0. The maximum Gasteiger partial charge on any atom is -0.0383 e. The molecule has 0 aliphatic heterocycles. The van der Waals surface area contributed by atoms with Gasteiger partial charge in [0.25, 0.3) is 0 Å². The van der Waals surface area contributed by atoms with E-state index in [0.717, 1.165) is 0 Å². The molecule has 0 amide bonds. The zero-order valence-corrected chi connectivity index (χ0v) is 5.40. The molecule has 0 radical (unpaired) electrons. The zero-order chi connectivity index (χ0) is 3.28. The van der Waals surface area contributed by atoms with E-state index in [-0.39, 0.29) is 17.0 Å². The van der Waals surface area contributed by atoms with Gasteiger partial charge in [-0.2, -0.15) is 0 Å². The largest absolute Gasteiger partial charge is 0.114 e. The molecule has 2 rings (SSSR count). The van der Waals surface area contributed by atoms with E-state index in [4.69, 9.17) is 0 Å². The summed E-state index contributed by atoms with van der Waals surface area (Å²) in [5.74, 6) is 2.46. The summed E-state index contributed by atoms with van der Waals surface area (Å²) in [6.07, 6.45) is 4.70. The van der Waals surface area contributed by atoms with Crippen molar-refractivity contribution in [3.8, 4) is 0 Å². The van der Waals surface area contributed by atoms with Crippen LogP contribution in [-0.4, -0.2) is 0 Å². The molecule has 2 fully saturated rings. The third-order valence-corrected chi connectivity index (χ3v) is 1.98. The zero-order valence-electron chi connectivity index (χ0n) is 3.68. The van der Waals surface area contributed by atoms with Gasteiger partial charge in [-0.3, -0.25) is 0 Å². The molecule has 36 valence electrons. The highest BCUT2D eigenvalue weighted by Gasteiger charge is 2.44. The van der Waals surface area contributed by atoms with E-state index in [2.05, 4.69) is 0 Å². The lowest BCUT2D eigenvalue weighted by Gasteiger charge is -2.04. The Balaban J connectivity index is 0.000000180. The average Bonchev–Trinajstić information content (AvgIpc) is 1.74. The molecule has 0 spiro atoms.